The molecule has 1 spiro atoms. The van der Waals surface area contributed by atoms with Gasteiger partial charge in [0, 0.05) is 41.1 Å². The Balaban J connectivity index is 1.57. The Morgan fingerprint density at radius 1 is 1.13 bits per heavy atom. The fraction of sp³-hybridized carbons (Fsp3) is 0.636. The number of fused-ring (bicyclic) bond motifs is 2. The predicted octanol–water partition coefficient (Wildman–Crippen LogP) is 5.81. The Bertz CT molecular complexity index is 892. The van der Waals surface area contributed by atoms with E-state index in [0.29, 0.717) is 23.6 Å². The van der Waals surface area contributed by atoms with Crippen molar-refractivity contribution >= 4 is 17.3 Å². The Morgan fingerprint density at radius 3 is 2.58 bits per heavy atom. The van der Waals surface area contributed by atoms with Crippen LogP contribution in [0.3, 0.4) is 0 Å². The van der Waals surface area contributed by atoms with Crippen molar-refractivity contribution in [2.24, 2.45) is 17.8 Å². The molecular weight excluding hydrogens is 435 g/mol. The van der Waals surface area contributed by atoms with Gasteiger partial charge < -0.3 is 14.8 Å². The van der Waals surface area contributed by atoms with Gasteiger partial charge >= 0.3 is 6.18 Å². The first kappa shape index (κ1) is 21.4. The predicted molar refractivity (Wildman–Crippen MR) is 107 cm³/mol. The first-order chi connectivity index (χ1) is 14.6. The van der Waals surface area contributed by atoms with Crippen molar-refractivity contribution in [1.82, 2.24) is 0 Å². The highest BCUT2D eigenvalue weighted by molar-refractivity contribution is 6.30. The largest absolute Gasteiger partial charge is 0.456 e. The smallest absolute Gasteiger partial charge is 0.449 e. The Morgan fingerprint density at radius 2 is 1.87 bits per heavy atom. The molecule has 5 nitrogen and oxygen atoms in total. The van der Waals surface area contributed by atoms with Crippen molar-refractivity contribution in [3.8, 4) is 0 Å². The van der Waals surface area contributed by atoms with E-state index in [1.165, 1.54) is 0 Å². The fourth-order valence-electron chi connectivity index (χ4n) is 5.71. The number of alkyl halides is 3. The molecule has 2 bridgehead atoms. The van der Waals surface area contributed by atoms with Crippen LogP contribution in [0.25, 0.3) is 0 Å². The minimum atomic E-state index is -4.64. The molecule has 1 aromatic carbocycles. The molecule has 4 fully saturated rings. The van der Waals surface area contributed by atoms with Gasteiger partial charge in [0.15, 0.2) is 5.60 Å². The summed E-state index contributed by atoms with van der Waals surface area (Å²) in [5, 5.41) is 3.65. The third-order valence-corrected chi connectivity index (χ3v) is 7.49. The summed E-state index contributed by atoms with van der Waals surface area (Å²) in [6, 6.07) is 6.83. The van der Waals surface area contributed by atoms with Crippen LogP contribution in [0.1, 0.15) is 39.5 Å². The van der Waals surface area contributed by atoms with Crippen LogP contribution in [0.15, 0.2) is 35.6 Å². The summed E-state index contributed by atoms with van der Waals surface area (Å²) in [5.74, 6) is -2.41. The first-order valence-electron chi connectivity index (χ1n) is 10.6. The van der Waals surface area contributed by atoms with Gasteiger partial charge in [0.2, 0.25) is 17.8 Å². The van der Waals surface area contributed by atoms with E-state index in [1.54, 1.807) is 31.2 Å². The number of nitrogens with one attached hydrogen (secondary N) is 1. The third-order valence-electron chi connectivity index (χ3n) is 7.24. The monoisotopic (exact) mass is 459 g/mol. The molecule has 6 atom stereocenters. The zero-order chi connectivity index (χ0) is 22.0. The van der Waals surface area contributed by atoms with E-state index in [-0.39, 0.29) is 24.0 Å². The number of benzene rings is 1. The number of ether oxygens (including phenoxy) is 2. The topological polar surface area (TPSA) is 49.0 Å². The van der Waals surface area contributed by atoms with Gasteiger partial charge in [-0.25, -0.2) is 9.78 Å². The molecule has 1 aliphatic carbocycles. The second-order valence-electron chi connectivity index (χ2n) is 9.19. The normalized spacial score (nSPS) is 39.5. The third kappa shape index (κ3) is 3.43. The molecule has 9 heteroatoms. The lowest BCUT2D eigenvalue weighted by molar-refractivity contribution is -0.557. The van der Waals surface area contributed by atoms with E-state index >= 15 is 0 Å². The number of anilines is 1. The summed E-state index contributed by atoms with van der Waals surface area (Å²) in [6.07, 6.45) is -3.18. The van der Waals surface area contributed by atoms with Crippen molar-refractivity contribution in [2.75, 3.05) is 11.9 Å². The lowest BCUT2D eigenvalue weighted by Crippen LogP contribution is -2.67. The number of hydrogen-bond acceptors (Lipinski definition) is 5. The molecule has 6 rings (SSSR count). The fourth-order valence-corrected chi connectivity index (χ4v) is 5.83. The van der Waals surface area contributed by atoms with Gasteiger partial charge in [-0.15, -0.1) is 0 Å². The molecule has 3 saturated heterocycles. The number of hydrogen-bond donors (Lipinski definition) is 1. The van der Waals surface area contributed by atoms with Crippen LogP contribution in [0, 0.1) is 17.8 Å². The summed E-state index contributed by atoms with van der Waals surface area (Å²) >= 11 is 5.92. The lowest BCUT2D eigenvalue weighted by Gasteiger charge is -2.57. The maximum absolute atomic E-state index is 14.1. The standard InChI is InChI=1S/C22H25ClF3NO4/c1-12-3-8-17-15(11-27-14-6-4-13(23)5-7-14)18(22(24,25)26)28-19-21(17)16(12)9-10-20(2,29-19)30-31-21/h4-7,12,16-17,19,27H,3,8-11H2,1-2H3/t12-,16+,17+,19-,20-,21-/m1/s1. The summed E-state index contributed by atoms with van der Waals surface area (Å²) in [6.45, 7) is 3.78. The van der Waals surface area contributed by atoms with Crippen LogP contribution in [0.4, 0.5) is 18.9 Å². The summed E-state index contributed by atoms with van der Waals surface area (Å²) < 4.78 is 53.9. The number of allylic oxidation sites excluding steroid dienone is 1. The molecule has 5 aliphatic rings. The van der Waals surface area contributed by atoms with Gasteiger partial charge in [0.1, 0.15) is 0 Å². The maximum atomic E-state index is 14.1. The molecule has 170 valence electrons. The van der Waals surface area contributed by atoms with E-state index < -0.39 is 35.5 Å². The average molecular weight is 460 g/mol. The van der Waals surface area contributed by atoms with Gasteiger partial charge in [0.05, 0.1) is 0 Å². The van der Waals surface area contributed by atoms with Crippen molar-refractivity contribution in [1.29, 1.82) is 0 Å². The zero-order valence-electron chi connectivity index (χ0n) is 17.3. The van der Waals surface area contributed by atoms with Crippen LogP contribution in [-0.4, -0.2) is 30.4 Å². The van der Waals surface area contributed by atoms with Gasteiger partial charge in [0.25, 0.3) is 0 Å². The Hall–Kier alpha value is -1.48. The number of rotatable bonds is 3. The summed E-state index contributed by atoms with van der Waals surface area (Å²) in [4.78, 5) is 11.6. The minimum Gasteiger partial charge on any atom is -0.456 e. The highest BCUT2D eigenvalue weighted by atomic mass is 35.5. The molecule has 1 saturated carbocycles. The summed E-state index contributed by atoms with van der Waals surface area (Å²) in [5.41, 5.74) is -0.281. The molecule has 1 N–H and O–H groups in total. The van der Waals surface area contributed by atoms with Crippen molar-refractivity contribution < 1.29 is 32.4 Å². The molecule has 0 unspecified atom stereocenters. The molecule has 0 amide bonds. The number of halogens is 4. The van der Waals surface area contributed by atoms with E-state index in [4.69, 9.17) is 30.8 Å². The van der Waals surface area contributed by atoms with Gasteiger partial charge in [-0.2, -0.15) is 13.2 Å². The van der Waals surface area contributed by atoms with E-state index in [0.717, 1.165) is 12.8 Å². The second-order valence-corrected chi connectivity index (χ2v) is 9.62. The maximum Gasteiger partial charge on any atom is 0.449 e. The van der Waals surface area contributed by atoms with Crippen molar-refractivity contribution in [2.45, 2.75) is 63.4 Å². The van der Waals surface area contributed by atoms with Crippen molar-refractivity contribution in [3.05, 3.63) is 40.6 Å². The highest BCUT2D eigenvalue weighted by Gasteiger charge is 2.70. The van der Waals surface area contributed by atoms with Crippen LogP contribution in [0.2, 0.25) is 5.02 Å². The highest BCUT2D eigenvalue weighted by Crippen LogP contribution is 2.61. The van der Waals surface area contributed by atoms with Crippen LogP contribution >= 0.6 is 11.6 Å². The molecule has 0 radical (unpaired) electrons. The first-order valence-corrected chi connectivity index (χ1v) is 11.0. The molecule has 1 aromatic rings. The second kappa shape index (κ2) is 7.27. The van der Waals surface area contributed by atoms with E-state index in [1.807, 2.05) is 0 Å². The van der Waals surface area contributed by atoms with Crippen LogP contribution < -0.4 is 5.32 Å². The average Bonchev–Trinajstić information content (AvgIpc) is 2.94. The quantitative estimate of drug-likeness (QED) is 0.578. The SMILES string of the molecule is C[C@@H]1CC[C@H]2C(CNc3ccc(Cl)cc3)=C(C(F)(F)F)O[C@@H]3O[C@@]4(C)CC[C@@H]1[C@]32OO4. The lowest BCUT2D eigenvalue weighted by atomic mass is 9.59. The Labute approximate surface area is 183 Å². The summed E-state index contributed by atoms with van der Waals surface area (Å²) in [7, 11) is 0. The van der Waals surface area contributed by atoms with Crippen molar-refractivity contribution in [3.63, 3.8) is 0 Å². The van der Waals surface area contributed by atoms with Gasteiger partial charge in [-0.05, 0) is 56.4 Å². The molecule has 4 heterocycles. The van der Waals surface area contributed by atoms with E-state index in [2.05, 4.69) is 12.2 Å². The van der Waals surface area contributed by atoms with E-state index in [9.17, 15) is 13.2 Å². The van der Waals surface area contributed by atoms with Crippen LogP contribution in [0.5, 0.6) is 0 Å². The van der Waals surface area contributed by atoms with Gasteiger partial charge in [-0.1, -0.05) is 18.5 Å². The Kier molecular flexibility index (Phi) is 5.01. The molecule has 31 heavy (non-hydrogen) atoms. The molecule has 0 aromatic heterocycles. The van der Waals surface area contributed by atoms with Crippen LogP contribution in [-0.2, 0) is 19.2 Å². The van der Waals surface area contributed by atoms with Gasteiger partial charge in [-0.3, -0.25) is 0 Å². The molecular formula is C22H25ClF3NO4. The molecule has 4 aliphatic heterocycles. The minimum absolute atomic E-state index is 0.0270. The zero-order valence-corrected chi connectivity index (χ0v) is 18.1.